The van der Waals surface area contributed by atoms with E-state index in [1.54, 1.807) is 30.3 Å². The van der Waals surface area contributed by atoms with Crippen LogP contribution in [0.2, 0.25) is 0 Å². The van der Waals surface area contributed by atoms with E-state index in [2.05, 4.69) is 26.6 Å². The number of alkyl halides is 5. The fourth-order valence-electron chi connectivity index (χ4n) is 4.69. The lowest BCUT2D eigenvalue weighted by Gasteiger charge is -2.28. The minimum absolute atomic E-state index is 0.0752. The zero-order chi connectivity index (χ0) is 34.1. The second-order valence-electron chi connectivity index (χ2n) is 11.0. The van der Waals surface area contributed by atoms with Crippen molar-refractivity contribution >= 4 is 39.4 Å². The predicted octanol–water partition coefficient (Wildman–Crippen LogP) is 5.72. The summed E-state index contributed by atoms with van der Waals surface area (Å²) >= 11 is 3.40. The number of nitrogens with one attached hydrogen (secondary N) is 3. The van der Waals surface area contributed by atoms with Crippen LogP contribution >= 0.6 is 15.9 Å². The van der Waals surface area contributed by atoms with E-state index in [0.29, 0.717) is 5.56 Å². The van der Waals surface area contributed by atoms with Crippen LogP contribution in [0.3, 0.4) is 0 Å². The predicted molar refractivity (Wildman–Crippen MR) is 165 cm³/mol. The first-order chi connectivity index (χ1) is 21.6. The molecule has 0 aliphatic heterocycles. The van der Waals surface area contributed by atoms with Gasteiger partial charge < -0.3 is 16.0 Å². The van der Waals surface area contributed by atoms with Crippen molar-refractivity contribution in [1.29, 1.82) is 0 Å². The van der Waals surface area contributed by atoms with Gasteiger partial charge in [-0.2, -0.15) is 22.0 Å². The van der Waals surface area contributed by atoms with E-state index in [1.807, 2.05) is 54.6 Å². The quantitative estimate of drug-likeness (QED) is 0.147. The Balaban J connectivity index is 1.85. The van der Waals surface area contributed by atoms with E-state index in [9.17, 15) is 41.1 Å². The summed E-state index contributed by atoms with van der Waals surface area (Å²) in [5, 5.41) is 5.89. The Kier molecular flexibility index (Phi) is 12.6. The molecule has 3 atom stereocenters. The van der Waals surface area contributed by atoms with Crippen molar-refractivity contribution in [3.05, 3.63) is 106 Å². The molecule has 0 bridgehead atoms. The summed E-state index contributed by atoms with van der Waals surface area (Å²) in [6.45, 7) is 0.572. The van der Waals surface area contributed by atoms with Crippen LogP contribution in [0.25, 0.3) is 0 Å². The van der Waals surface area contributed by atoms with Gasteiger partial charge in [0.2, 0.25) is 17.6 Å². The monoisotopic (exact) mass is 709 g/mol. The summed E-state index contributed by atoms with van der Waals surface area (Å²) < 4.78 is 67.8. The fraction of sp³-hybridized carbons (Fsp3) is 0.333. The second kappa shape index (κ2) is 15.9. The van der Waals surface area contributed by atoms with Crippen molar-refractivity contribution in [3.63, 3.8) is 0 Å². The molecule has 3 aromatic carbocycles. The maximum Gasteiger partial charge on any atom is 0.405 e. The number of hydrogen-bond donors (Lipinski definition) is 3. The van der Waals surface area contributed by atoms with Crippen molar-refractivity contribution in [3.8, 4) is 0 Å². The number of benzene rings is 3. The molecule has 3 N–H and O–H groups in total. The number of amides is 3. The topological polar surface area (TPSA) is 104 Å². The third-order valence-corrected chi connectivity index (χ3v) is 7.62. The maximum atomic E-state index is 14.7. The van der Waals surface area contributed by atoms with Gasteiger partial charge in [0.05, 0.1) is 6.04 Å². The van der Waals surface area contributed by atoms with Crippen LogP contribution in [-0.2, 0) is 25.6 Å². The van der Waals surface area contributed by atoms with Crippen LogP contribution in [-0.4, -0.2) is 54.2 Å². The van der Waals surface area contributed by atoms with E-state index in [4.69, 9.17) is 0 Å². The van der Waals surface area contributed by atoms with E-state index >= 15 is 0 Å². The van der Waals surface area contributed by atoms with Gasteiger partial charge in [-0.3, -0.25) is 19.2 Å². The lowest BCUT2D eigenvalue weighted by molar-refractivity contribution is -0.165. The van der Waals surface area contributed by atoms with Gasteiger partial charge in [-0.1, -0.05) is 103 Å². The van der Waals surface area contributed by atoms with Gasteiger partial charge in [-0.25, -0.2) is 0 Å². The van der Waals surface area contributed by atoms with Gasteiger partial charge >= 0.3 is 12.1 Å². The fourth-order valence-corrected chi connectivity index (χ4v) is 4.96. The molecule has 13 heteroatoms. The third kappa shape index (κ3) is 10.5. The Bertz CT molecular complexity index is 1490. The Morgan fingerprint density at radius 1 is 0.761 bits per heavy atom. The summed E-state index contributed by atoms with van der Waals surface area (Å²) in [5.41, 5.74) is 2.27. The van der Waals surface area contributed by atoms with E-state index in [1.165, 1.54) is 13.8 Å². The van der Waals surface area contributed by atoms with Crippen molar-refractivity contribution < 1.29 is 41.1 Å². The first-order valence-corrected chi connectivity index (χ1v) is 15.1. The van der Waals surface area contributed by atoms with Gasteiger partial charge in [0, 0.05) is 23.2 Å². The number of hydrogen-bond acceptors (Lipinski definition) is 4. The molecule has 0 saturated carbocycles. The molecular weight excluding hydrogens is 677 g/mol. The highest BCUT2D eigenvalue weighted by Gasteiger charge is 2.52. The first-order valence-electron chi connectivity index (χ1n) is 14.3. The number of halogens is 6. The molecule has 3 amide bonds. The van der Waals surface area contributed by atoms with Crippen molar-refractivity contribution in [2.75, 3.05) is 6.54 Å². The van der Waals surface area contributed by atoms with E-state index in [-0.39, 0.29) is 12.8 Å². The van der Waals surface area contributed by atoms with Gasteiger partial charge in [0.1, 0.15) is 12.6 Å². The number of carbonyl (C=O) groups is 4. The molecule has 7 nitrogen and oxygen atoms in total. The highest BCUT2D eigenvalue weighted by Crippen LogP contribution is 2.29. The van der Waals surface area contributed by atoms with Crippen LogP contribution in [0.15, 0.2) is 89.4 Å². The van der Waals surface area contributed by atoms with Crippen LogP contribution in [0, 0.1) is 5.92 Å². The molecule has 0 spiro atoms. The smallest absolute Gasteiger partial charge is 0.344 e. The average molecular weight is 711 g/mol. The third-order valence-electron chi connectivity index (χ3n) is 7.09. The second-order valence-corrected chi connectivity index (χ2v) is 11.9. The summed E-state index contributed by atoms with van der Waals surface area (Å²) in [4.78, 5) is 51.7. The zero-order valence-electron chi connectivity index (χ0n) is 24.9. The highest BCUT2D eigenvalue weighted by molar-refractivity contribution is 9.10. The zero-order valence-corrected chi connectivity index (χ0v) is 26.5. The Hall–Kier alpha value is -4.13. The van der Waals surface area contributed by atoms with Gasteiger partial charge in [-0.15, -0.1) is 0 Å². The van der Waals surface area contributed by atoms with Crippen LogP contribution in [0.4, 0.5) is 22.0 Å². The average Bonchev–Trinajstić information content (AvgIpc) is 3.01. The molecule has 2 unspecified atom stereocenters. The van der Waals surface area contributed by atoms with Gasteiger partial charge in [0.25, 0.3) is 5.91 Å². The Morgan fingerprint density at radius 2 is 1.30 bits per heavy atom. The summed E-state index contributed by atoms with van der Waals surface area (Å²) in [6.07, 6.45) is -5.15. The molecule has 3 aromatic rings. The summed E-state index contributed by atoms with van der Waals surface area (Å²) in [5.74, 6) is -12.3. The molecule has 0 aliphatic rings. The lowest BCUT2D eigenvalue weighted by Crippen LogP contribution is -2.59. The lowest BCUT2D eigenvalue weighted by atomic mass is 9.88. The number of rotatable bonds is 14. The van der Waals surface area contributed by atoms with Crippen molar-refractivity contribution in [2.24, 2.45) is 5.92 Å². The Morgan fingerprint density at radius 3 is 1.85 bits per heavy atom. The van der Waals surface area contributed by atoms with Crippen LogP contribution < -0.4 is 16.0 Å². The molecule has 0 saturated heterocycles. The number of carbonyl (C=O) groups excluding carboxylic acids is 4. The summed E-state index contributed by atoms with van der Waals surface area (Å²) in [7, 11) is 0. The van der Waals surface area contributed by atoms with Crippen molar-refractivity contribution in [2.45, 2.75) is 56.8 Å². The Labute approximate surface area is 271 Å². The molecule has 0 heterocycles. The van der Waals surface area contributed by atoms with Crippen LogP contribution in [0.1, 0.15) is 42.9 Å². The van der Waals surface area contributed by atoms with E-state index < -0.39 is 66.1 Å². The molecular formula is C33H33BrF5N3O4. The minimum atomic E-state index is -4.99. The van der Waals surface area contributed by atoms with Gasteiger partial charge in [0.15, 0.2) is 0 Å². The largest absolute Gasteiger partial charge is 0.405 e. The molecule has 0 aromatic heterocycles. The summed E-state index contributed by atoms with van der Waals surface area (Å²) in [6, 6.07) is 21.8. The van der Waals surface area contributed by atoms with E-state index in [0.717, 1.165) is 20.9 Å². The molecule has 246 valence electrons. The highest BCUT2D eigenvalue weighted by atomic mass is 79.9. The number of Topliss-reactive ketones (excluding diaryl/α,β-unsaturated/α-hetero) is 1. The van der Waals surface area contributed by atoms with Gasteiger partial charge in [-0.05, 0) is 34.7 Å². The number of ketones is 1. The molecule has 0 aliphatic carbocycles. The standard InChI is InChI=1S/C33H33BrF5N3O4/c1-20(2)28(29(44)33(38,39)31(46)40-19-32(35,36)37)42-30(45)26(17-21-9-5-3-6-10-21)41-27(43)18-25(22-11-7-4-8-12-22)23-13-15-24(34)16-14-23/h3-16,20,25-26,28H,17-19H2,1-2H3,(H,40,46)(H,41,43)(H,42,45)/t25?,26?,28-/m0/s1. The molecule has 46 heavy (non-hydrogen) atoms. The first kappa shape index (κ1) is 36.3. The normalized spacial score (nSPS) is 13.8. The van der Waals surface area contributed by atoms with Crippen LogP contribution in [0.5, 0.6) is 0 Å². The SMILES string of the molecule is CC(C)[C@H](NC(=O)C(Cc1ccccc1)NC(=O)CC(c1ccccc1)c1ccc(Br)cc1)C(=O)C(F)(F)C(=O)NCC(F)(F)F. The molecule has 0 fully saturated rings. The maximum absolute atomic E-state index is 14.7. The molecule has 0 radical (unpaired) electrons. The minimum Gasteiger partial charge on any atom is -0.344 e. The molecule has 3 rings (SSSR count). The van der Waals surface area contributed by atoms with Crippen molar-refractivity contribution in [1.82, 2.24) is 16.0 Å².